The summed E-state index contributed by atoms with van der Waals surface area (Å²) >= 11 is 0. The van der Waals surface area contributed by atoms with Crippen molar-refractivity contribution >= 4 is 35.8 Å². The van der Waals surface area contributed by atoms with E-state index in [1.807, 2.05) is 7.05 Å². The Balaban J connectivity index is 0.00000363. The molecular formula is C25H42IN5O. The fourth-order valence-electron chi connectivity index (χ4n) is 4.72. The van der Waals surface area contributed by atoms with Crippen molar-refractivity contribution in [1.29, 1.82) is 0 Å². The standard InChI is InChI=1S/C25H41N5O.HI/c1-20(29(3)18-21-10-6-4-7-11-21)14-16-27-25(26-2)28-23-15-17-30(19-23)24(31)22-12-8-5-9-13-22;/h4,6-7,10-11,20,22-23H,5,8-9,12-19H2,1-3H3,(H2,26,27,28);1H. The molecule has 2 aliphatic rings. The van der Waals surface area contributed by atoms with Crippen LogP contribution in [0.5, 0.6) is 0 Å². The fourth-order valence-corrected chi connectivity index (χ4v) is 4.72. The maximum atomic E-state index is 12.8. The SMILES string of the molecule is CN=C(NCCC(C)N(C)Cc1ccccc1)NC1CCN(C(=O)C2CCCCC2)C1.I. The maximum Gasteiger partial charge on any atom is 0.225 e. The molecule has 0 radical (unpaired) electrons. The molecule has 0 spiro atoms. The van der Waals surface area contributed by atoms with Crippen LogP contribution in [0.3, 0.4) is 0 Å². The average molecular weight is 556 g/mol. The van der Waals surface area contributed by atoms with Crippen LogP contribution in [0.2, 0.25) is 0 Å². The number of hydrogen-bond donors (Lipinski definition) is 2. The number of hydrogen-bond acceptors (Lipinski definition) is 3. The lowest BCUT2D eigenvalue weighted by Gasteiger charge is -2.27. The molecule has 1 heterocycles. The number of carbonyl (C=O) groups excluding carboxylic acids is 1. The number of likely N-dealkylation sites (tertiary alicyclic amines) is 1. The second-order valence-corrected chi connectivity index (χ2v) is 9.29. The summed E-state index contributed by atoms with van der Waals surface area (Å²) in [6.45, 7) is 5.77. The molecule has 2 atom stereocenters. The summed E-state index contributed by atoms with van der Waals surface area (Å²) in [4.78, 5) is 21.6. The Morgan fingerprint density at radius 3 is 2.59 bits per heavy atom. The largest absolute Gasteiger partial charge is 0.356 e. The number of amides is 1. The third-order valence-electron chi connectivity index (χ3n) is 6.90. The smallest absolute Gasteiger partial charge is 0.225 e. The molecule has 0 bridgehead atoms. The molecule has 1 saturated carbocycles. The van der Waals surface area contributed by atoms with Gasteiger partial charge < -0.3 is 15.5 Å². The highest BCUT2D eigenvalue weighted by atomic mass is 127. The van der Waals surface area contributed by atoms with E-state index in [4.69, 9.17) is 0 Å². The molecule has 1 aliphatic heterocycles. The lowest BCUT2D eigenvalue weighted by molar-refractivity contribution is -0.135. The van der Waals surface area contributed by atoms with Gasteiger partial charge in [-0.05, 0) is 45.2 Å². The molecular weight excluding hydrogens is 513 g/mol. The van der Waals surface area contributed by atoms with E-state index >= 15 is 0 Å². The number of halogens is 1. The third-order valence-corrected chi connectivity index (χ3v) is 6.90. The van der Waals surface area contributed by atoms with E-state index in [9.17, 15) is 4.79 Å². The Morgan fingerprint density at radius 1 is 1.19 bits per heavy atom. The number of benzene rings is 1. The quantitative estimate of drug-likeness (QED) is 0.291. The first-order chi connectivity index (χ1) is 15.1. The van der Waals surface area contributed by atoms with Crippen LogP contribution in [0.15, 0.2) is 35.3 Å². The molecule has 1 aliphatic carbocycles. The van der Waals surface area contributed by atoms with Crippen molar-refractivity contribution in [3.05, 3.63) is 35.9 Å². The van der Waals surface area contributed by atoms with E-state index in [1.54, 1.807) is 0 Å². The van der Waals surface area contributed by atoms with Crippen molar-refractivity contribution in [1.82, 2.24) is 20.4 Å². The van der Waals surface area contributed by atoms with Crippen molar-refractivity contribution in [2.24, 2.45) is 10.9 Å². The van der Waals surface area contributed by atoms with E-state index < -0.39 is 0 Å². The van der Waals surface area contributed by atoms with Gasteiger partial charge in [-0.15, -0.1) is 24.0 Å². The lowest BCUT2D eigenvalue weighted by Crippen LogP contribution is -2.46. The van der Waals surface area contributed by atoms with E-state index in [0.29, 0.717) is 11.9 Å². The maximum absolute atomic E-state index is 12.8. The van der Waals surface area contributed by atoms with Gasteiger partial charge in [0.15, 0.2) is 5.96 Å². The van der Waals surface area contributed by atoms with Crippen LogP contribution in [0.25, 0.3) is 0 Å². The summed E-state index contributed by atoms with van der Waals surface area (Å²) in [7, 11) is 4.00. The Bertz CT molecular complexity index is 708. The predicted octanol–water partition coefficient (Wildman–Crippen LogP) is 3.86. The summed E-state index contributed by atoms with van der Waals surface area (Å²) in [5.41, 5.74) is 1.34. The van der Waals surface area contributed by atoms with Crippen LogP contribution in [0.4, 0.5) is 0 Å². The highest BCUT2D eigenvalue weighted by Gasteiger charge is 2.31. The predicted molar refractivity (Wildman–Crippen MR) is 143 cm³/mol. The molecule has 2 N–H and O–H groups in total. The first-order valence-electron chi connectivity index (χ1n) is 12.1. The molecule has 1 aromatic rings. The summed E-state index contributed by atoms with van der Waals surface area (Å²) in [6.07, 6.45) is 7.90. The van der Waals surface area contributed by atoms with Gasteiger partial charge in [-0.25, -0.2) is 0 Å². The van der Waals surface area contributed by atoms with Gasteiger partial charge in [-0.3, -0.25) is 14.7 Å². The Hall–Kier alpha value is -1.35. The van der Waals surface area contributed by atoms with E-state index in [-0.39, 0.29) is 35.9 Å². The van der Waals surface area contributed by atoms with Crippen LogP contribution in [-0.2, 0) is 11.3 Å². The van der Waals surface area contributed by atoms with Gasteiger partial charge in [0, 0.05) is 51.2 Å². The van der Waals surface area contributed by atoms with Gasteiger partial charge in [0.2, 0.25) is 5.91 Å². The minimum absolute atomic E-state index is 0. The second kappa shape index (κ2) is 14.0. The summed E-state index contributed by atoms with van der Waals surface area (Å²) in [5, 5.41) is 6.99. The minimum atomic E-state index is 0. The molecule has 180 valence electrons. The fraction of sp³-hybridized carbons (Fsp3) is 0.680. The van der Waals surface area contributed by atoms with Gasteiger partial charge in [0.25, 0.3) is 0 Å². The molecule has 1 aromatic carbocycles. The minimum Gasteiger partial charge on any atom is -0.356 e. The summed E-state index contributed by atoms with van der Waals surface area (Å²) < 4.78 is 0. The van der Waals surface area contributed by atoms with Crippen LogP contribution in [0, 0.1) is 5.92 Å². The Morgan fingerprint density at radius 2 is 1.91 bits per heavy atom. The zero-order valence-electron chi connectivity index (χ0n) is 20.1. The van der Waals surface area contributed by atoms with Gasteiger partial charge in [-0.1, -0.05) is 49.6 Å². The number of aliphatic imine (C=N–C) groups is 1. The number of guanidine groups is 1. The van der Waals surface area contributed by atoms with Gasteiger partial charge in [-0.2, -0.15) is 0 Å². The molecule has 6 nitrogen and oxygen atoms in total. The molecule has 2 fully saturated rings. The van der Waals surface area contributed by atoms with Crippen molar-refractivity contribution in [3.8, 4) is 0 Å². The van der Waals surface area contributed by atoms with E-state index in [2.05, 4.69) is 69.7 Å². The molecule has 7 heteroatoms. The zero-order chi connectivity index (χ0) is 22.1. The van der Waals surface area contributed by atoms with Crippen LogP contribution in [0.1, 0.15) is 57.4 Å². The third kappa shape index (κ3) is 8.21. The normalized spacial score (nSPS) is 20.7. The highest BCUT2D eigenvalue weighted by molar-refractivity contribution is 14.0. The first kappa shape index (κ1) is 26.9. The van der Waals surface area contributed by atoms with Crippen molar-refractivity contribution in [2.45, 2.75) is 70.5 Å². The van der Waals surface area contributed by atoms with Crippen LogP contribution >= 0.6 is 24.0 Å². The Labute approximate surface area is 211 Å². The highest BCUT2D eigenvalue weighted by Crippen LogP contribution is 2.26. The molecule has 32 heavy (non-hydrogen) atoms. The number of rotatable bonds is 8. The first-order valence-corrected chi connectivity index (χ1v) is 12.1. The molecule has 0 aromatic heterocycles. The van der Waals surface area contributed by atoms with Crippen molar-refractivity contribution < 1.29 is 4.79 Å². The zero-order valence-corrected chi connectivity index (χ0v) is 22.4. The number of carbonyl (C=O) groups is 1. The monoisotopic (exact) mass is 555 g/mol. The summed E-state index contributed by atoms with van der Waals surface area (Å²) in [5.74, 6) is 1.48. The van der Waals surface area contributed by atoms with Gasteiger partial charge >= 0.3 is 0 Å². The average Bonchev–Trinajstić information content (AvgIpc) is 3.27. The number of nitrogens with one attached hydrogen (secondary N) is 2. The van der Waals surface area contributed by atoms with Crippen LogP contribution in [-0.4, -0.2) is 67.5 Å². The second-order valence-electron chi connectivity index (χ2n) is 9.29. The van der Waals surface area contributed by atoms with E-state index in [0.717, 1.165) is 57.8 Å². The van der Waals surface area contributed by atoms with Crippen LogP contribution < -0.4 is 10.6 Å². The van der Waals surface area contributed by atoms with Gasteiger partial charge in [0.05, 0.1) is 0 Å². The molecule has 2 unspecified atom stereocenters. The van der Waals surface area contributed by atoms with Crippen molar-refractivity contribution in [3.63, 3.8) is 0 Å². The van der Waals surface area contributed by atoms with Gasteiger partial charge in [0.1, 0.15) is 0 Å². The van der Waals surface area contributed by atoms with Crippen molar-refractivity contribution in [2.75, 3.05) is 33.7 Å². The molecule has 1 saturated heterocycles. The number of nitrogens with zero attached hydrogens (tertiary/aromatic N) is 3. The molecule has 1 amide bonds. The Kier molecular flexibility index (Phi) is 11.8. The lowest BCUT2D eigenvalue weighted by atomic mass is 9.88. The molecule has 3 rings (SSSR count). The topological polar surface area (TPSA) is 60.0 Å². The van der Waals surface area contributed by atoms with E-state index in [1.165, 1.54) is 24.8 Å². The summed E-state index contributed by atoms with van der Waals surface area (Å²) in [6, 6.07) is 11.4.